The number of hydrogen-bond donors (Lipinski definition) is 0. The third kappa shape index (κ3) is 2.97. The first kappa shape index (κ1) is 8.65. The molecule has 60 valence electrons. The highest BCUT2D eigenvalue weighted by molar-refractivity contribution is 9.10. The molecule has 0 radical (unpaired) electrons. The van der Waals surface area contributed by atoms with Gasteiger partial charge in [-0.1, -0.05) is 13.8 Å². The molecule has 2 nitrogen and oxygen atoms in total. The van der Waals surface area contributed by atoms with Crippen molar-refractivity contribution in [3.63, 3.8) is 0 Å². The predicted octanol–water partition coefficient (Wildman–Crippen LogP) is 2.44. The summed E-state index contributed by atoms with van der Waals surface area (Å²) in [4.78, 5) is 0. The van der Waals surface area contributed by atoms with E-state index in [1.807, 2.05) is 12.1 Å². The van der Waals surface area contributed by atoms with Gasteiger partial charge in [0.2, 0.25) is 0 Å². The highest BCUT2D eigenvalue weighted by atomic mass is 79.9. The quantitative estimate of drug-likeness (QED) is 0.757. The molecule has 0 aliphatic heterocycles. The predicted molar refractivity (Wildman–Crippen MR) is 48.3 cm³/mol. The van der Waals surface area contributed by atoms with Crippen LogP contribution in [0.25, 0.3) is 0 Å². The normalized spacial score (nSPS) is 10.5. The van der Waals surface area contributed by atoms with Crippen molar-refractivity contribution >= 4 is 15.9 Å². The van der Waals surface area contributed by atoms with Gasteiger partial charge in [0.1, 0.15) is 4.60 Å². The lowest BCUT2D eigenvalue weighted by Crippen LogP contribution is -1.98. The Bertz CT molecular complexity index is 218. The largest absolute Gasteiger partial charge is 0.155 e. The fourth-order valence-electron chi connectivity index (χ4n) is 0.871. The SMILES string of the molecule is CC(C)Cc1ccc(Br)nn1. The van der Waals surface area contributed by atoms with Gasteiger partial charge in [0.15, 0.2) is 0 Å². The summed E-state index contributed by atoms with van der Waals surface area (Å²) in [7, 11) is 0. The smallest absolute Gasteiger partial charge is 0.128 e. The van der Waals surface area contributed by atoms with E-state index in [0.29, 0.717) is 5.92 Å². The number of nitrogens with zero attached hydrogens (tertiary/aromatic N) is 2. The van der Waals surface area contributed by atoms with E-state index in [4.69, 9.17) is 0 Å². The van der Waals surface area contributed by atoms with Crippen molar-refractivity contribution in [1.82, 2.24) is 10.2 Å². The minimum atomic E-state index is 0.644. The summed E-state index contributed by atoms with van der Waals surface area (Å²) in [6.07, 6.45) is 1.00. The summed E-state index contributed by atoms with van der Waals surface area (Å²) < 4.78 is 0.796. The Balaban J connectivity index is 2.66. The molecule has 0 saturated carbocycles. The number of hydrogen-bond acceptors (Lipinski definition) is 2. The molecule has 0 aliphatic rings. The van der Waals surface area contributed by atoms with Crippen LogP contribution in [0.5, 0.6) is 0 Å². The van der Waals surface area contributed by atoms with E-state index < -0.39 is 0 Å². The second-order valence-corrected chi connectivity index (χ2v) is 3.76. The monoisotopic (exact) mass is 214 g/mol. The molecule has 1 rings (SSSR count). The molecule has 0 aromatic carbocycles. The average Bonchev–Trinajstić information content (AvgIpc) is 1.93. The van der Waals surface area contributed by atoms with Gasteiger partial charge in [-0.2, -0.15) is 5.10 Å². The van der Waals surface area contributed by atoms with Crippen LogP contribution in [0.2, 0.25) is 0 Å². The molecule has 0 bridgehead atoms. The Kier molecular flexibility index (Phi) is 3.00. The van der Waals surface area contributed by atoms with E-state index in [1.54, 1.807) is 0 Å². The van der Waals surface area contributed by atoms with Crippen LogP contribution < -0.4 is 0 Å². The Labute approximate surface area is 75.2 Å². The van der Waals surface area contributed by atoms with Crippen LogP contribution in [0, 0.1) is 5.92 Å². The van der Waals surface area contributed by atoms with E-state index in [2.05, 4.69) is 40.0 Å². The first-order chi connectivity index (χ1) is 5.18. The van der Waals surface area contributed by atoms with Gasteiger partial charge in [-0.25, -0.2) is 0 Å². The molecule has 0 unspecified atom stereocenters. The van der Waals surface area contributed by atoms with Gasteiger partial charge < -0.3 is 0 Å². The lowest BCUT2D eigenvalue weighted by molar-refractivity contribution is 0.627. The second kappa shape index (κ2) is 3.81. The molecule has 0 atom stereocenters. The first-order valence-electron chi connectivity index (χ1n) is 3.66. The van der Waals surface area contributed by atoms with E-state index in [0.717, 1.165) is 16.7 Å². The minimum absolute atomic E-state index is 0.644. The molecule has 0 amide bonds. The van der Waals surface area contributed by atoms with Gasteiger partial charge in [-0.3, -0.25) is 0 Å². The zero-order valence-corrected chi connectivity index (χ0v) is 8.30. The molecular weight excluding hydrogens is 204 g/mol. The number of aromatic nitrogens is 2. The molecule has 0 N–H and O–H groups in total. The topological polar surface area (TPSA) is 25.8 Å². The summed E-state index contributed by atoms with van der Waals surface area (Å²) >= 11 is 3.24. The van der Waals surface area contributed by atoms with Crippen molar-refractivity contribution < 1.29 is 0 Å². The van der Waals surface area contributed by atoms with Crippen molar-refractivity contribution in [2.24, 2.45) is 5.92 Å². The van der Waals surface area contributed by atoms with Gasteiger partial charge in [0.05, 0.1) is 5.69 Å². The summed E-state index contributed by atoms with van der Waals surface area (Å²) in [5.41, 5.74) is 1.06. The zero-order valence-electron chi connectivity index (χ0n) is 6.71. The fourth-order valence-corrected chi connectivity index (χ4v) is 1.08. The Morgan fingerprint density at radius 1 is 1.36 bits per heavy atom. The lowest BCUT2D eigenvalue weighted by Gasteiger charge is -2.01. The van der Waals surface area contributed by atoms with E-state index in [9.17, 15) is 0 Å². The Morgan fingerprint density at radius 2 is 2.09 bits per heavy atom. The third-order valence-electron chi connectivity index (χ3n) is 1.30. The molecule has 1 aromatic heterocycles. The van der Waals surface area contributed by atoms with Crippen molar-refractivity contribution in [1.29, 1.82) is 0 Å². The molecule has 0 spiro atoms. The van der Waals surface area contributed by atoms with Crippen LogP contribution in [-0.2, 0) is 6.42 Å². The summed E-state index contributed by atoms with van der Waals surface area (Å²) in [5, 5.41) is 7.92. The summed E-state index contributed by atoms with van der Waals surface area (Å²) in [6.45, 7) is 4.34. The van der Waals surface area contributed by atoms with Crippen LogP contribution in [0.3, 0.4) is 0 Å². The molecule has 0 saturated heterocycles. The van der Waals surface area contributed by atoms with Crippen LogP contribution in [-0.4, -0.2) is 10.2 Å². The van der Waals surface area contributed by atoms with Crippen LogP contribution in [0.15, 0.2) is 16.7 Å². The molecule has 11 heavy (non-hydrogen) atoms. The maximum absolute atomic E-state index is 4.02. The van der Waals surface area contributed by atoms with Gasteiger partial charge in [-0.15, -0.1) is 5.10 Å². The summed E-state index contributed by atoms with van der Waals surface area (Å²) in [6, 6.07) is 3.92. The fraction of sp³-hybridized carbons (Fsp3) is 0.500. The van der Waals surface area contributed by atoms with Gasteiger partial charge in [0.25, 0.3) is 0 Å². The van der Waals surface area contributed by atoms with Gasteiger partial charge in [-0.05, 0) is 40.4 Å². The molecular formula is C8H11BrN2. The van der Waals surface area contributed by atoms with Crippen molar-refractivity contribution in [2.45, 2.75) is 20.3 Å². The second-order valence-electron chi connectivity index (χ2n) is 2.95. The van der Waals surface area contributed by atoms with Crippen molar-refractivity contribution in [2.75, 3.05) is 0 Å². The van der Waals surface area contributed by atoms with Crippen LogP contribution in [0.4, 0.5) is 0 Å². The third-order valence-corrected chi connectivity index (χ3v) is 1.73. The van der Waals surface area contributed by atoms with Crippen LogP contribution >= 0.6 is 15.9 Å². The molecule has 1 heterocycles. The standard InChI is InChI=1S/C8H11BrN2/c1-6(2)5-7-3-4-8(9)11-10-7/h3-4,6H,5H2,1-2H3. The maximum atomic E-state index is 4.02. The molecule has 0 fully saturated rings. The van der Waals surface area contributed by atoms with Crippen LogP contribution in [0.1, 0.15) is 19.5 Å². The molecule has 3 heteroatoms. The van der Waals surface area contributed by atoms with Gasteiger partial charge in [0, 0.05) is 0 Å². The number of halogens is 1. The maximum Gasteiger partial charge on any atom is 0.128 e. The van der Waals surface area contributed by atoms with Crippen molar-refractivity contribution in [3.8, 4) is 0 Å². The first-order valence-corrected chi connectivity index (χ1v) is 4.46. The lowest BCUT2D eigenvalue weighted by atomic mass is 10.1. The Morgan fingerprint density at radius 3 is 2.55 bits per heavy atom. The minimum Gasteiger partial charge on any atom is -0.155 e. The Hall–Kier alpha value is -0.440. The van der Waals surface area contributed by atoms with E-state index in [-0.39, 0.29) is 0 Å². The zero-order chi connectivity index (χ0) is 8.27. The molecule has 0 aliphatic carbocycles. The van der Waals surface area contributed by atoms with Crippen molar-refractivity contribution in [3.05, 3.63) is 22.4 Å². The van der Waals surface area contributed by atoms with E-state index in [1.165, 1.54) is 0 Å². The highest BCUT2D eigenvalue weighted by Gasteiger charge is 1.98. The average molecular weight is 215 g/mol. The highest BCUT2D eigenvalue weighted by Crippen LogP contribution is 2.07. The van der Waals surface area contributed by atoms with E-state index >= 15 is 0 Å². The molecule has 1 aromatic rings. The van der Waals surface area contributed by atoms with Gasteiger partial charge >= 0.3 is 0 Å². The summed E-state index contributed by atoms with van der Waals surface area (Å²) in [5.74, 6) is 0.644. The number of rotatable bonds is 2.